The minimum Gasteiger partial charge on any atom is -0.372 e. The number of anilines is 1. The summed E-state index contributed by atoms with van der Waals surface area (Å²) < 4.78 is 0. The van der Waals surface area contributed by atoms with Crippen LogP contribution in [0.15, 0.2) is 33.4 Å². The molecule has 0 unspecified atom stereocenters. The summed E-state index contributed by atoms with van der Waals surface area (Å²) in [4.78, 5) is 3.81. The van der Waals surface area contributed by atoms with Crippen LogP contribution in [0.2, 0.25) is 0 Å². The van der Waals surface area contributed by atoms with E-state index in [0.717, 1.165) is 21.7 Å². The normalized spacial score (nSPS) is 14.3. The van der Waals surface area contributed by atoms with Gasteiger partial charge in [0.1, 0.15) is 0 Å². The number of nitrogens with zero attached hydrogens (tertiary/aromatic N) is 3. The molecular formula is C13H15N5. The molecule has 0 saturated heterocycles. The molecule has 0 spiro atoms. The third-order valence-electron chi connectivity index (χ3n) is 2.53. The van der Waals surface area contributed by atoms with Crippen LogP contribution in [0.3, 0.4) is 0 Å². The van der Waals surface area contributed by atoms with Crippen molar-refractivity contribution in [2.45, 2.75) is 0 Å². The van der Waals surface area contributed by atoms with E-state index in [1.54, 1.807) is 18.6 Å². The molecule has 1 aromatic rings. The van der Waals surface area contributed by atoms with Gasteiger partial charge in [-0.25, -0.2) is 0 Å². The molecule has 1 aliphatic rings. The van der Waals surface area contributed by atoms with Crippen molar-refractivity contribution in [2.75, 3.05) is 19.0 Å². The van der Waals surface area contributed by atoms with Gasteiger partial charge in [-0.2, -0.15) is 10.2 Å². The number of hydrogen-bond donors (Lipinski definition) is 2. The summed E-state index contributed by atoms with van der Waals surface area (Å²) in [6.07, 6.45) is 5.21. The average Bonchev–Trinajstić information content (AvgIpc) is 2.92. The number of nitrogens with one attached hydrogen (secondary N) is 2. The van der Waals surface area contributed by atoms with Crippen LogP contribution in [0.4, 0.5) is 5.69 Å². The molecule has 1 aliphatic heterocycles. The molecule has 0 amide bonds. The fourth-order valence-corrected chi connectivity index (χ4v) is 1.66. The molecule has 2 N–H and O–H groups in total. The van der Waals surface area contributed by atoms with Gasteiger partial charge in [0.15, 0.2) is 0 Å². The van der Waals surface area contributed by atoms with Crippen molar-refractivity contribution in [1.29, 1.82) is 0 Å². The highest BCUT2D eigenvalue weighted by molar-refractivity contribution is 6.30. The van der Waals surface area contributed by atoms with E-state index in [1.807, 2.05) is 25.2 Å². The highest BCUT2D eigenvalue weighted by Gasteiger charge is 1.99. The predicted octanol–water partition coefficient (Wildman–Crippen LogP) is -0.0651. The summed E-state index contributed by atoms with van der Waals surface area (Å²) in [6, 6.07) is 6.06. The van der Waals surface area contributed by atoms with Crippen molar-refractivity contribution < 1.29 is 0 Å². The van der Waals surface area contributed by atoms with E-state index >= 15 is 0 Å². The Morgan fingerprint density at radius 1 is 1.33 bits per heavy atom. The molecule has 2 rings (SSSR count). The van der Waals surface area contributed by atoms with Crippen molar-refractivity contribution in [3.8, 4) is 0 Å². The molecule has 0 atom stereocenters. The van der Waals surface area contributed by atoms with E-state index in [4.69, 9.17) is 0 Å². The quantitative estimate of drug-likeness (QED) is 0.573. The minimum absolute atomic E-state index is 0.680. The van der Waals surface area contributed by atoms with Crippen molar-refractivity contribution in [1.82, 2.24) is 5.32 Å². The molecule has 1 aromatic carbocycles. The Balaban J connectivity index is 2.52. The maximum absolute atomic E-state index is 3.83. The number of rotatable bonds is 4. The van der Waals surface area contributed by atoms with Crippen LogP contribution < -0.4 is 21.1 Å². The van der Waals surface area contributed by atoms with Gasteiger partial charge in [-0.3, -0.25) is 4.99 Å². The summed E-state index contributed by atoms with van der Waals surface area (Å²) >= 11 is 0. The summed E-state index contributed by atoms with van der Waals surface area (Å²) in [5, 5.41) is 16.0. The molecule has 0 radical (unpaired) electrons. The van der Waals surface area contributed by atoms with Gasteiger partial charge < -0.3 is 10.6 Å². The number of aliphatic imine (C=N–C) groups is 1. The first-order valence-electron chi connectivity index (χ1n) is 5.60. The van der Waals surface area contributed by atoms with Gasteiger partial charge in [0, 0.05) is 22.7 Å². The molecule has 0 aliphatic carbocycles. The smallest absolute Gasteiger partial charge is 0.0650 e. The Labute approximate surface area is 105 Å². The maximum atomic E-state index is 3.83. The summed E-state index contributed by atoms with van der Waals surface area (Å²) in [7, 11) is 1.89. The van der Waals surface area contributed by atoms with Crippen LogP contribution in [-0.4, -0.2) is 32.9 Å². The summed E-state index contributed by atoms with van der Waals surface area (Å²) in [5.41, 5.74) is 2.00. The van der Waals surface area contributed by atoms with Gasteiger partial charge in [-0.15, -0.1) is 0 Å². The van der Waals surface area contributed by atoms with Gasteiger partial charge >= 0.3 is 0 Å². The fourth-order valence-electron chi connectivity index (χ4n) is 1.66. The zero-order valence-corrected chi connectivity index (χ0v) is 10.2. The topological polar surface area (TPSA) is 61.1 Å². The van der Waals surface area contributed by atoms with Crippen molar-refractivity contribution >= 4 is 36.6 Å². The Kier molecular flexibility index (Phi) is 3.98. The molecular weight excluding hydrogens is 226 g/mol. The van der Waals surface area contributed by atoms with Gasteiger partial charge in [-0.1, -0.05) is 12.1 Å². The lowest BCUT2D eigenvalue weighted by atomic mass is 10.1. The number of benzene rings is 1. The van der Waals surface area contributed by atoms with Gasteiger partial charge in [0.2, 0.25) is 0 Å². The molecule has 0 fully saturated rings. The fraction of sp³-hybridized carbons (Fsp3) is 0.154. The highest BCUT2D eigenvalue weighted by Crippen LogP contribution is 1.98. The van der Waals surface area contributed by atoms with E-state index < -0.39 is 0 Å². The van der Waals surface area contributed by atoms with Crippen molar-refractivity contribution in [3.63, 3.8) is 0 Å². The molecule has 92 valence electrons. The van der Waals surface area contributed by atoms with E-state index in [2.05, 4.69) is 32.5 Å². The number of hydrogen-bond acceptors (Lipinski definition) is 5. The third kappa shape index (κ3) is 2.70. The Bertz CT molecular complexity index is 599. The first kappa shape index (κ1) is 12.2. The Morgan fingerprint density at radius 3 is 2.78 bits per heavy atom. The predicted molar refractivity (Wildman–Crippen MR) is 77.6 cm³/mol. The van der Waals surface area contributed by atoms with E-state index in [1.165, 1.54) is 0 Å². The molecule has 5 heteroatoms. The van der Waals surface area contributed by atoms with E-state index in [9.17, 15) is 0 Å². The van der Waals surface area contributed by atoms with Crippen LogP contribution in [0.1, 0.15) is 0 Å². The minimum atomic E-state index is 0.680. The average molecular weight is 241 g/mol. The molecule has 0 saturated carbocycles. The Morgan fingerprint density at radius 2 is 2.11 bits per heavy atom. The van der Waals surface area contributed by atoms with E-state index in [0.29, 0.717) is 6.67 Å². The van der Waals surface area contributed by atoms with Gasteiger partial charge in [0.25, 0.3) is 0 Å². The molecule has 0 aromatic heterocycles. The first-order chi connectivity index (χ1) is 8.85. The van der Waals surface area contributed by atoms with Crippen LogP contribution >= 0.6 is 0 Å². The Hall–Kier alpha value is -2.27. The van der Waals surface area contributed by atoms with Crippen LogP contribution in [0, 0.1) is 0 Å². The molecule has 1 heterocycles. The highest BCUT2D eigenvalue weighted by atomic mass is 15.2. The standard InChI is InChI=1S/C13H15N5/c1-14-6-11-4-3-10(12-7-17-18-8-12)5-13(11)16-9-15-2/h3-8,15-16H,1,9H2,2H3/b11-6-. The molecule has 18 heavy (non-hydrogen) atoms. The largest absolute Gasteiger partial charge is 0.372 e. The monoisotopic (exact) mass is 241 g/mol. The third-order valence-corrected chi connectivity index (χ3v) is 2.53. The van der Waals surface area contributed by atoms with Crippen LogP contribution in [0.5, 0.6) is 0 Å². The summed E-state index contributed by atoms with van der Waals surface area (Å²) in [6.45, 7) is 4.16. The van der Waals surface area contributed by atoms with Crippen LogP contribution in [0.25, 0.3) is 11.8 Å². The van der Waals surface area contributed by atoms with Gasteiger partial charge in [0.05, 0.1) is 19.1 Å². The SMILES string of the molecule is C=N/C=c1/ccc(=C2C=NN=C2)cc1NCNC. The van der Waals surface area contributed by atoms with E-state index in [-0.39, 0.29) is 0 Å². The lowest BCUT2D eigenvalue weighted by Crippen LogP contribution is -2.23. The second-order valence-corrected chi connectivity index (χ2v) is 3.77. The maximum Gasteiger partial charge on any atom is 0.0650 e. The van der Waals surface area contributed by atoms with Crippen LogP contribution in [-0.2, 0) is 0 Å². The molecule has 5 nitrogen and oxygen atoms in total. The van der Waals surface area contributed by atoms with Gasteiger partial charge in [-0.05, 0) is 25.1 Å². The van der Waals surface area contributed by atoms with Crippen molar-refractivity contribution in [2.24, 2.45) is 15.2 Å². The summed E-state index contributed by atoms with van der Waals surface area (Å²) in [5.74, 6) is 0. The second kappa shape index (κ2) is 5.88. The van der Waals surface area contributed by atoms with Crippen molar-refractivity contribution in [3.05, 3.63) is 28.6 Å². The lowest BCUT2D eigenvalue weighted by Gasteiger charge is -2.06. The lowest BCUT2D eigenvalue weighted by molar-refractivity contribution is 0.873. The molecule has 0 bridgehead atoms. The zero-order chi connectivity index (χ0) is 12.8. The zero-order valence-electron chi connectivity index (χ0n) is 10.2. The second-order valence-electron chi connectivity index (χ2n) is 3.77. The first-order valence-corrected chi connectivity index (χ1v) is 5.60.